The Morgan fingerprint density at radius 2 is 1.76 bits per heavy atom. The van der Waals surface area contributed by atoms with E-state index in [0.717, 1.165) is 10.2 Å². The second-order valence-electron chi connectivity index (χ2n) is 5.12. The van der Waals surface area contributed by atoms with Crippen molar-refractivity contribution >= 4 is 27.7 Å². The molecule has 2 amide bonds. The summed E-state index contributed by atoms with van der Waals surface area (Å²) in [5.41, 5.74) is 5.13. The smallest absolute Gasteiger partial charge is 0.279 e. The first kappa shape index (κ1) is 18.8. The Morgan fingerprint density at radius 3 is 2.40 bits per heavy atom. The molecule has 2 rings (SSSR count). The van der Waals surface area contributed by atoms with Crippen molar-refractivity contribution in [2.24, 2.45) is 0 Å². The van der Waals surface area contributed by atoms with E-state index in [9.17, 15) is 9.59 Å². The highest BCUT2D eigenvalue weighted by atomic mass is 79.9. The summed E-state index contributed by atoms with van der Waals surface area (Å²) >= 11 is 3.29. The van der Waals surface area contributed by atoms with Gasteiger partial charge in [0.2, 0.25) is 0 Å². The lowest BCUT2D eigenvalue weighted by atomic mass is 10.2. The van der Waals surface area contributed by atoms with Gasteiger partial charge in [-0.05, 0) is 56.3 Å². The standard InChI is InChI=1S/C18H19BrN2O4/c1-3-24-15-7-9-16(10-8-15)25-12(2)17(22)20-21-18(23)13-5-4-6-14(19)11-13/h4-12H,3H2,1-2H3,(H,20,22)(H,21,23)/t12-/m0/s1. The second-order valence-corrected chi connectivity index (χ2v) is 6.03. The van der Waals surface area contributed by atoms with Gasteiger partial charge in [0.1, 0.15) is 11.5 Å². The molecule has 0 saturated heterocycles. The summed E-state index contributed by atoms with van der Waals surface area (Å²) in [6.07, 6.45) is -0.777. The Kier molecular flexibility index (Phi) is 6.82. The van der Waals surface area contributed by atoms with E-state index < -0.39 is 17.9 Å². The fourth-order valence-electron chi connectivity index (χ4n) is 1.96. The number of nitrogens with one attached hydrogen (secondary N) is 2. The van der Waals surface area contributed by atoms with E-state index in [2.05, 4.69) is 26.8 Å². The minimum absolute atomic E-state index is 0.414. The van der Waals surface area contributed by atoms with E-state index in [-0.39, 0.29) is 0 Å². The molecule has 0 spiro atoms. The lowest BCUT2D eigenvalue weighted by Crippen LogP contribution is -2.47. The monoisotopic (exact) mass is 406 g/mol. The molecule has 0 aromatic heterocycles. The molecule has 0 heterocycles. The van der Waals surface area contributed by atoms with Gasteiger partial charge in [0.05, 0.1) is 6.61 Å². The molecule has 7 heteroatoms. The maximum atomic E-state index is 12.0. The van der Waals surface area contributed by atoms with Gasteiger partial charge in [0, 0.05) is 10.0 Å². The van der Waals surface area contributed by atoms with Gasteiger partial charge in [-0.15, -0.1) is 0 Å². The number of hydrogen-bond donors (Lipinski definition) is 2. The van der Waals surface area contributed by atoms with Gasteiger partial charge in [0.25, 0.3) is 11.8 Å². The van der Waals surface area contributed by atoms with Gasteiger partial charge in [-0.3, -0.25) is 20.4 Å². The number of carbonyl (C=O) groups is 2. The number of hydrazine groups is 1. The van der Waals surface area contributed by atoms with Crippen LogP contribution in [0.1, 0.15) is 24.2 Å². The van der Waals surface area contributed by atoms with Crippen LogP contribution in [0.2, 0.25) is 0 Å². The summed E-state index contributed by atoms with van der Waals surface area (Å²) in [6.45, 7) is 4.08. The summed E-state index contributed by atoms with van der Waals surface area (Å²) in [4.78, 5) is 24.0. The number of rotatable bonds is 6. The molecule has 0 fully saturated rings. The van der Waals surface area contributed by atoms with Crippen molar-refractivity contribution in [3.63, 3.8) is 0 Å². The molecule has 2 aromatic carbocycles. The average molecular weight is 407 g/mol. The fourth-order valence-corrected chi connectivity index (χ4v) is 2.36. The van der Waals surface area contributed by atoms with Crippen LogP contribution in [0.3, 0.4) is 0 Å². The molecule has 0 aliphatic carbocycles. The number of benzene rings is 2. The first-order valence-electron chi connectivity index (χ1n) is 7.75. The zero-order valence-electron chi connectivity index (χ0n) is 13.9. The number of hydrogen-bond acceptors (Lipinski definition) is 4. The van der Waals surface area contributed by atoms with Crippen molar-refractivity contribution in [3.05, 3.63) is 58.6 Å². The van der Waals surface area contributed by atoms with Gasteiger partial charge in [-0.25, -0.2) is 0 Å². The largest absolute Gasteiger partial charge is 0.494 e. The lowest BCUT2D eigenvalue weighted by Gasteiger charge is -2.15. The summed E-state index contributed by atoms with van der Waals surface area (Å²) < 4.78 is 11.7. The third-order valence-electron chi connectivity index (χ3n) is 3.20. The van der Waals surface area contributed by atoms with Crippen LogP contribution >= 0.6 is 15.9 Å². The SMILES string of the molecule is CCOc1ccc(O[C@@H](C)C(=O)NNC(=O)c2cccc(Br)c2)cc1. The van der Waals surface area contributed by atoms with Crippen LogP contribution in [0, 0.1) is 0 Å². The molecular formula is C18H19BrN2O4. The Balaban J connectivity index is 1.84. The summed E-state index contributed by atoms with van der Waals surface area (Å²) in [5.74, 6) is 0.387. The summed E-state index contributed by atoms with van der Waals surface area (Å²) in [6, 6.07) is 13.8. The van der Waals surface area contributed by atoms with Crippen LogP contribution in [0.4, 0.5) is 0 Å². The normalized spacial score (nSPS) is 11.3. The highest BCUT2D eigenvalue weighted by Gasteiger charge is 2.16. The van der Waals surface area contributed by atoms with Crippen LogP contribution in [0.5, 0.6) is 11.5 Å². The van der Waals surface area contributed by atoms with Crippen molar-refractivity contribution in [3.8, 4) is 11.5 Å². The molecule has 0 bridgehead atoms. The molecule has 2 aromatic rings. The molecule has 0 aliphatic heterocycles. The van der Waals surface area contributed by atoms with Crippen molar-refractivity contribution in [1.29, 1.82) is 0 Å². The van der Waals surface area contributed by atoms with Gasteiger partial charge in [-0.2, -0.15) is 0 Å². The Labute approximate surface area is 154 Å². The Hall–Kier alpha value is -2.54. The number of halogens is 1. The molecule has 0 unspecified atom stereocenters. The maximum absolute atomic E-state index is 12.0. The molecule has 25 heavy (non-hydrogen) atoms. The van der Waals surface area contributed by atoms with Crippen LogP contribution in [-0.2, 0) is 4.79 Å². The molecule has 6 nitrogen and oxygen atoms in total. The van der Waals surface area contributed by atoms with E-state index in [1.165, 1.54) is 0 Å². The van der Waals surface area contributed by atoms with Gasteiger partial charge >= 0.3 is 0 Å². The predicted molar refractivity (Wildman–Crippen MR) is 97.5 cm³/mol. The molecule has 1 atom stereocenters. The molecule has 132 valence electrons. The van der Waals surface area contributed by atoms with Crippen LogP contribution < -0.4 is 20.3 Å². The van der Waals surface area contributed by atoms with Gasteiger partial charge in [0.15, 0.2) is 6.10 Å². The summed E-state index contributed by atoms with van der Waals surface area (Å²) in [5, 5.41) is 0. The zero-order chi connectivity index (χ0) is 18.2. The van der Waals surface area contributed by atoms with Gasteiger partial charge in [-0.1, -0.05) is 22.0 Å². The quantitative estimate of drug-likeness (QED) is 0.722. The van der Waals surface area contributed by atoms with E-state index in [0.29, 0.717) is 17.9 Å². The van der Waals surface area contributed by atoms with Crippen molar-refractivity contribution < 1.29 is 19.1 Å². The number of ether oxygens (including phenoxy) is 2. The van der Waals surface area contributed by atoms with E-state index in [4.69, 9.17) is 9.47 Å². The predicted octanol–water partition coefficient (Wildman–Crippen LogP) is 3.08. The van der Waals surface area contributed by atoms with Crippen molar-refractivity contribution in [2.75, 3.05) is 6.61 Å². The van der Waals surface area contributed by atoms with Gasteiger partial charge < -0.3 is 9.47 Å². The first-order chi connectivity index (χ1) is 12.0. The fraction of sp³-hybridized carbons (Fsp3) is 0.222. The average Bonchev–Trinajstić information content (AvgIpc) is 2.61. The maximum Gasteiger partial charge on any atom is 0.279 e. The molecule has 0 aliphatic rings. The van der Waals surface area contributed by atoms with Crippen LogP contribution in [0.25, 0.3) is 0 Å². The Bertz CT molecular complexity index is 734. The van der Waals surface area contributed by atoms with Crippen molar-refractivity contribution in [2.45, 2.75) is 20.0 Å². The minimum atomic E-state index is -0.777. The minimum Gasteiger partial charge on any atom is -0.494 e. The van der Waals surface area contributed by atoms with E-state index in [1.807, 2.05) is 13.0 Å². The summed E-state index contributed by atoms with van der Waals surface area (Å²) in [7, 11) is 0. The molecule has 2 N–H and O–H groups in total. The molecule has 0 radical (unpaired) electrons. The van der Waals surface area contributed by atoms with E-state index >= 15 is 0 Å². The number of carbonyl (C=O) groups excluding carboxylic acids is 2. The van der Waals surface area contributed by atoms with Crippen LogP contribution in [-0.4, -0.2) is 24.5 Å². The molecule has 0 saturated carbocycles. The Morgan fingerprint density at radius 1 is 1.08 bits per heavy atom. The highest BCUT2D eigenvalue weighted by molar-refractivity contribution is 9.10. The number of amides is 2. The van der Waals surface area contributed by atoms with E-state index in [1.54, 1.807) is 49.4 Å². The topological polar surface area (TPSA) is 76.7 Å². The second kappa shape index (κ2) is 9.08. The van der Waals surface area contributed by atoms with Crippen molar-refractivity contribution in [1.82, 2.24) is 10.9 Å². The zero-order valence-corrected chi connectivity index (χ0v) is 15.5. The highest BCUT2D eigenvalue weighted by Crippen LogP contribution is 2.18. The molecular weight excluding hydrogens is 388 g/mol. The third-order valence-corrected chi connectivity index (χ3v) is 3.70. The third kappa shape index (κ3) is 5.79. The lowest BCUT2D eigenvalue weighted by molar-refractivity contribution is -0.128. The first-order valence-corrected chi connectivity index (χ1v) is 8.54. The van der Waals surface area contributed by atoms with Crippen LogP contribution in [0.15, 0.2) is 53.0 Å².